The number of alkyl halides is 1. The lowest BCUT2D eigenvalue weighted by molar-refractivity contribution is -0.184. The van der Waals surface area contributed by atoms with Crippen LogP contribution in [-0.4, -0.2) is 16.4 Å². The van der Waals surface area contributed by atoms with Gasteiger partial charge in [0.2, 0.25) is 0 Å². The molecule has 2 aliphatic rings. The van der Waals surface area contributed by atoms with Crippen molar-refractivity contribution in [2.24, 2.45) is 16.7 Å². The molecule has 0 aromatic rings. The third-order valence-electron chi connectivity index (χ3n) is 4.17. The molecular weight excluding hydrogens is 295 g/mol. The van der Waals surface area contributed by atoms with Crippen molar-refractivity contribution in [1.82, 2.24) is 0 Å². The Balaban J connectivity index is 2.51. The Morgan fingerprint density at radius 3 is 2.71 bits per heavy atom. The van der Waals surface area contributed by atoms with Crippen molar-refractivity contribution in [3.63, 3.8) is 0 Å². The lowest BCUT2D eigenvalue weighted by Gasteiger charge is -2.43. The Morgan fingerprint density at radius 2 is 2.14 bits per heavy atom. The second-order valence-electron chi connectivity index (χ2n) is 4.68. The number of halogens is 1. The average molecular weight is 308 g/mol. The Labute approximate surface area is 96.7 Å². The summed E-state index contributed by atoms with van der Waals surface area (Å²) >= 11 is 2.26. The number of ether oxygens (including phenoxy) is 1. The van der Waals surface area contributed by atoms with E-state index in [4.69, 9.17) is 4.74 Å². The van der Waals surface area contributed by atoms with Gasteiger partial charge in [0.15, 0.2) is 0 Å². The molecule has 3 atom stereocenters. The molecule has 2 bridgehead atoms. The predicted molar refractivity (Wildman–Crippen MR) is 58.9 cm³/mol. The number of carbonyl (C=O) groups excluding carboxylic acids is 2. The summed E-state index contributed by atoms with van der Waals surface area (Å²) in [6.45, 7) is 3.97. The van der Waals surface area contributed by atoms with E-state index in [1.165, 1.54) is 0 Å². The van der Waals surface area contributed by atoms with E-state index < -0.39 is 5.41 Å². The average Bonchev–Trinajstić information content (AvgIpc) is 2.34. The highest BCUT2D eigenvalue weighted by atomic mass is 127. The molecule has 0 radical (unpaired) electrons. The van der Waals surface area contributed by atoms with Gasteiger partial charge in [-0.15, -0.1) is 0 Å². The van der Waals surface area contributed by atoms with Crippen LogP contribution in [0.1, 0.15) is 26.7 Å². The fraction of sp³-hybridized carbons (Fsp3) is 0.800. The topological polar surface area (TPSA) is 43.4 Å². The van der Waals surface area contributed by atoms with Gasteiger partial charge in [-0.25, -0.2) is 0 Å². The van der Waals surface area contributed by atoms with Crippen molar-refractivity contribution in [2.45, 2.75) is 26.7 Å². The molecule has 0 aromatic carbocycles. The quantitative estimate of drug-likeness (QED) is 0.322. The molecule has 0 amide bonds. The van der Waals surface area contributed by atoms with E-state index in [-0.39, 0.29) is 23.3 Å². The fourth-order valence-electron chi connectivity index (χ4n) is 2.65. The van der Waals surface area contributed by atoms with Crippen molar-refractivity contribution < 1.29 is 14.3 Å². The number of esters is 2. The van der Waals surface area contributed by atoms with Gasteiger partial charge >= 0.3 is 11.9 Å². The molecule has 1 aliphatic carbocycles. The van der Waals surface area contributed by atoms with Crippen LogP contribution in [-0.2, 0) is 14.3 Å². The van der Waals surface area contributed by atoms with E-state index in [0.29, 0.717) is 0 Å². The summed E-state index contributed by atoms with van der Waals surface area (Å²) < 4.78 is 5.62. The molecule has 1 aliphatic heterocycles. The summed E-state index contributed by atoms with van der Waals surface area (Å²) in [4.78, 5) is 23.2. The van der Waals surface area contributed by atoms with Crippen LogP contribution in [0.2, 0.25) is 0 Å². The zero-order valence-corrected chi connectivity index (χ0v) is 10.5. The van der Waals surface area contributed by atoms with Crippen LogP contribution < -0.4 is 0 Å². The van der Waals surface area contributed by atoms with Crippen LogP contribution in [0.15, 0.2) is 0 Å². The zero-order valence-electron chi connectivity index (χ0n) is 8.30. The fourth-order valence-corrected chi connectivity index (χ4v) is 4.02. The van der Waals surface area contributed by atoms with Crippen LogP contribution in [0.5, 0.6) is 0 Å². The molecule has 4 heteroatoms. The molecule has 78 valence electrons. The van der Waals surface area contributed by atoms with E-state index in [1.807, 2.05) is 13.8 Å². The highest BCUT2D eigenvalue weighted by molar-refractivity contribution is 14.1. The van der Waals surface area contributed by atoms with Crippen molar-refractivity contribution in [1.29, 1.82) is 0 Å². The van der Waals surface area contributed by atoms with Gasteiger partial charge in [0.05, 0.1) is 11.3 Å². The minimum absolute atomic E-state index is 0.0814. The summed E-state index contributed by atoms with van der Waals surface area (Å²) in [5, 5.41) is 0. The van der Waals surface area contributed by atoms with E-state index in [9.17, 15) is 9.59 Å². The number of cyclic esters (lactones) is 2. The highest BCUT2D eigenvalue weighted by Gasteiger charge is 2.65. The SMILES string of the molecule is C[C@]1(CI)[C@H]2CC[C@]1(C)C(=O)OC2=O. The van der Waals surface area contributed by atoms with E-state index >= 15 is 0 Å². The summed E-state index contributed by atoms with van der Waals surface area (Å²) in [6.07, 6.45) is 1.57. The summed E-state index contributed by atoms with van der Waals surface area (Å²) in [5.74, 6) is -0.721. The standard InChI is InChI=1S/C10H13IO3/c1-9-4-3-6(10(9,2)5-11)7(12)14-8(9)13/h6H,3-5H2,1-2H3/t6-,9+,10-/m0/s1. The smallest absolute Gasteiger partial charge is 0.320 e. The van der Waals surface area contributed by atoms with Crippen LogP contribution in [0.25, 0.3) is 0 Å². The first-order valence-corrected chi connectivity index (χ1v) is 6.30. The second-order valence-corrected chi connectivity index (χ2v) is 5.45. The molecule has 0 spiro atoms. The predicted octanol–water partition coefficient (Wildman–Crippen LogP) is 1.93. The molecule has 0 N–H and O–H groups in total. The maximum absolute atomic E-state index is 11.7. The second kappa shape index (κ2) is 2.93. The Kier molecular flexibility index (Phi) is 2.18. The highest BCUT2D eigenvalue weighted by Crippen LogP contribution is 2.60. The van der Waals surface area contributed by atoms with Gasteiger partial charge in [0, 0.05) is 9.84 Å². The first-order valence-electron chi connectivity index (χ1n) is 4.78. The molecular formula is C10H13IO3. The summed E-state index contributed by atoms with van der Waals surface area (Å²) in [5.41, 5.74) is -0.660. The normalized spacial score (nSPS) is 46.6. The number of fused-ring (bicyclic) bond motifs is 2. The lowest BCUT2D eigenvalue weighted by atomic mass is 9.64. The van der Waals surface area contributed by atoms with Gasteiger partial charge in [-0.05, 0) is 19.8 Å². The first-order chi connectivity index (χ1) is 6.45. The molecule has 2 fully saturated rings. The van der Waals surface area contributed by atoms with Gasteiger partial charge in [0.1, 0.15) is 0 Å². The lowest BCUT2D eigenvalue weighted by Crippen LogP contribution is -2.52. The maximum Gasteiger partial charge on any atom is 0.320 e. The van der Waals surface area contributed by atoms with Gasteiger partial charge in [-0.3, -0.25) is 9.59 Å². The molecule has 14 heavy (non-hydrogen) atoms. The van der Waals surface area contributed by atoms with Gasteiger partial charge < -0.3 is 4.74 Å². The first kappa shape index (κ1) is 10.4. The third kappa shape index (κ3) is 0.978. The molecule has 1 heterocycles. The largest absolute Gasteiger partial charge is 0.392 e. The van der Waals surface area contributed by atoms with Gasteiger partial charge in [-0.2, -0.15) is 0 Å². The van der Waals surface area contributed by atoms with Crippen LogP contribution in [0, 0.1) is 16.7 Å². The molecule has 0 unspecified atom stereocenters. The monoisotopic (exact) mass is 308 g/mol. The van der Waals surface area contributed by atoms with Crippen LogP contribution in [0.3, 0.4) is 0 Å². The number of hydrogen-bond acceptors (Lipinski definition) is 3. The van der Waals surface area contributed by atoms with Crippen LogP contribution in [0.4, 0.5) is 0 Å². The molecule has 1 saturated carbocycles. The van der Waals surface area contributed by atoms with Gasteiger partial charge in [-0.1, -0.05) is 29.5 Å². The van der Waals surface area contributed by atoms with Gasteiger partial charge in [0.25, 0.3) is 0 Å². The Morgan fingerprint density at radius 1 is 1.50 bits per heavy atom. The zero-order chi connectivity index (χ0) is 10.6. The van der Waals surface area contributed by atoms with Crippen LogP contribution >= 0.6 is 22.6 Å². The van der Waals surface area contributed by atoms with E-state index in [2.05, 4.69) is 22.6 Å². The molecule has 2 rings (SSSR count). The van der Waals surface area contributed by atoms with Crippen molar-refractivity contribution in [2.75, 3.05) is 4.43 Å². The minimum atomic E-state index is -0.452. The number of carbonyl (C=O) groups is 2. The minimum Gasteiger partial charge on any atom is -0.392 e. The van der Waals surface area contributed by atoms with Crippen molar-refractivity contribution in [3.8, 4) is 0 Å². The number of rotatable bonds is 1. The van der Waals surface area contributed by atoms with Crippen molar-refractivity contribution in [3.05, 3.63) is 0 Å². The summed E-state index contributed by atoms with van der Waals surface area (Å²) in [7, 11) is 0. The van der Waals surface area contributed by atoms with E-state index in [1.54, 1.807) is 0 Å². The Bertz CT molecular complexity index is 314. The number of hydrogen-bond donors (Lipinski definition) is 0. The maximum atomic E-state index is 11.7. The van der Waals surface area contributed by atoms with E-state index in [0.717, 1.165) is 17.3 Å². The summed E-state index contributed by atoms with van der Waals surface area (Å²) in [6, 6.07) is 0. The molecule has 0 aromatic heterocycles. The van der Waals surface area contributed by atoms with Crippen molar-refractivity contribution >= 4 is 34.5 Å². The molecule has 1 saturated heterocycles. The molecule has 3 nitrogen and oxygen atoms in total. The third-order valence-corrected chi connectivity index (χ3v) is 5.75. The Hall–Kier alpha value is -0.130.